The van der Waals surface area contributed by atoms with E-state index < -0.39 is 21.7 Å². The maximum atomic E-state index is 14.2. The van der Waals surface area contributed by atoms with Gasteiger partial charge >= 0.3 is 0 Å². The van der Waals surface area contributed by atoms with Crippen molar-refractivity contribution in [2.75, 3.05) is 27.3 Å². The molecule has 1 fully saturated rings. The Labute approximate surface area is 162 Å². The van der Waals surface area contributed by atoms with Gasteiger partial charge in [0.1, 0.15) is 5.82 Å². The third-order valence-electron chi connectivity index (χ3n) is 4.85. The molecule has 0 aliphatic carbocycles. The van der Waals surface area contributed by atoms with Gasteiger partial charge in [0.15, 0.2) is 11.5 Å². The number of hydrogen-bond acceptors (Lipinski definition) is 5. The third kappa shape index (κ3) is 3.81. The summed E-state index contributed by atoms with van der Waals surface area (Å²) in [6, 6.07) is 8.49. The topological polar surface area (TPSA) is 98.9 Å². The van der Waals surface area contributed by atoms with Gasteiger partial charge in [0.2, 0.25) is 10.0 Å². The highest BCUT2D eigenvalue weighted by molar-refractivity contribution is 7.89. The number of methoxy groups -OCH3 is 2. The van der Waals surface area contributed by atoms with Crippen LogP contribution in [0, 0.1) is 5.82 Å². The van der Waals surface area contributed by atoms with Crippen LogP contribution in [0.2, 0.25) is 0 Å². The Hall–Kier alpha value is -2.65. The van der Waals surface area contributed by atoms with Crippen LogP contribution in [0.15, 0.2) is 41.3 Å². The Morgan fingerprint density at radius 2 is 1.96 bits per heavy atom. The minimum Gasteiger partial charge on any atom is -0.493 e. The number of para-hydroxylation sites is 1. The molecule has 9 heteroatoms. The molecule has 2 aromatic carbocycles. The third-order valence-corrected chi connectivity index (χ3v) is 5.76. The van der Waals surface area contributed by atoms with E-state index in [2.05, 4.69) is 0 Å². The van der Waals surface area contributed by atoms with E-state index in [1.165, 1.54) is 4.90 Å². The summed E-state index contributed by atoms with van der Waals surface area (Å²) in [5.74, 6) is -0.186. The number of carbonyl (C=O) groups excluding carboxylic acids is 1. The van der Waals surface area contributed by atoms with Crippen molar-refractivity contribution in [2.24, 2.45) is 5.14 Å². The van der Waals surface area contributed by atoms with Crippen molar-refractivity contribution in [3.8, 4) is 11.5 Å². The summed E-state index contributed by atoms with van der Waals surface area (Å²) in [4.78, 5) is 14.0. The van der Waals surface area contributed by atoms with Crippen LogP contribution in [0.1, 0.15) is 28.3 Å². The Kier molecular flexibility index (Phi) is 5.57. The lowest BCUT2D eigenvalue weighted by molar-refractivity contribution is 0.0785. The summed E-state index contributed by atoms with van der Waals surface area (Å²) in [6.45, 7) is 0.754. The van der Waals surface area contributed by atoms with Crippen molar-refractivity contribution in [1.82, 2.24) is 4.90 Å². The molecular formula is C19H21FN2O5S. The predicted octanol–water partition coefficient (Wildman–Crippen LogP) is 2.12. The van der Waals surface area contributed by atoms with E-state index in [1.807, 2.05) is 12.1 Å². The second-order valence-electron chi connectivity index (χ2n) is 6.51. The number of nitrogens with zero attached hydrogens (tertiary/aromatic N) is 1. The van der Waals surface area contributed by atoms with Crippen LogP contribution in [0.3, 0.4) is 0 Å². The highest BCUT2D eigenvalue weighted by Gasteiger charge is 2.32. The number of likely N-dealkylation sites (tertiary alicyclic amines) is 1. The Balaban J connectivity index is 1.86. The lowest BCUT2D eigenvalue weighted by atomic mass is 9.97. The molecule has 0 spiro atoms. The maximum absolute atomic E-state index is 14.2. The molecule has 2 N–H and O–H groups in total. The fourth-order valence-corrected chi connectivity index (χ4v) is 3.99. The largest absolute Gasteiger partial charge is 0.493 e. The van der Waals surface area contributed by atoms with E-state index in [9.17, 15) is 17.6 Å². The van der Waals surface area contributed by atoms with E-state index in [0.717, 1.165) is 23.8 Å². The Bertz CT molecular complexity index is 1010. The van der Waals surface area contributed by atoms with Crippen LogP contribution in [-0.4, -0.2) is 46.5 Å². The number of primary sulfonamides is 1. The number of hydrogen-bond donors (Lipinski definition) is 1. The summed E-state index contributed by atoms with van der Waals surface area (Å²) < 4.78 is 48.0. The van der Waals surface area contributed by atoms with Crippen molar-refractivity contribution < 1.29 is 27.1 Å². The first kappa shape index (κ1) is 20.1. The zero-order valence-corrected chi connectivity index (χ0v) is 16.3. The quantitative estimate of drug-likeness (QED) is 0.817. The smallest absolute Gasteiger partial charge is 0.256 e. The van der Waals surface area contributed by atoms with Gasteiger partial charge in [-0.05, 0) is 30.7 Å². The van der Waals surface area contributed by atoms with E-state index in [0.29, 0.717) is 31.0 Å². The van der Waals surface area contributed by atoms with Gasteiger partial charge in [-0.2, -0.15) is 0 Å². The average molecular weight is 408 g/mol. The molecule has 3 rings (SSSR count). The molecule has 1 saturated heterocycles. The second-order valence-corrected chi connectivity index (χ2v) is 8.07. The molecule has 1 atom stereocenters. The highest BCUT2D eigenvalue weighted by Crippen LogP contribution is 2.39. The lowest BCUT2D eigenvalue weighted by Crippen LogP contribution is -2.29. The number of carbonyl (C=O) groups is 1. The van der Waals surface area contributed by atoms with E-state index in [4.69, 9.17) is 14.6 Å². The number of rotatable bonds is 5. The zero-order chi connectivity index (χ0) is 20.5. The van der Waals surface area contributed by atoms with Gasteiger partial charge in [0.05, 0.1) is 24.7 Å². The number of halogens is 1. The van der Waals surface area contributed by atoms with Crippen molar-refractivity contribution >= 4 is 15.9 Å². The first-order valence-corrected chi connectivity index (χ1v) is 10.1. The minimum atomic E-state index is -4.04. The van der Waals surface area contributed by atoms with E-state index in [1.54, 1.807) is 20.3 Å². The number of amides is 1. The maximum Gasteiger partial charge on any atom is 0.256 e. The van der Waals surface area contributed by atoms with Gasteiger partial charge in [-0.25, -0.2) is 17.9 Å². The summed E-state index contributed by atoms with van der Waals surface area (Å²) in [7, 11) is -0.939. The van der Waals surface area contributed by atoms with Crippen LogP contribution in [0.25, 0.3) is 0 Å². The van der Waals surface area contributed by atoms with Gasteiger partial charge < -0.3 is 14.4 Å². The molecule has 1 heterocycles. The first-order valence-electron chi connectivity index (χ1n) is 8.58. The van der Waals surface area contributed by atoms with Gasteiger partial charge in [-0.1, -0.05) is 12.1 Å². The fraction of sp³-hybridized carbons (Fsp3) is 0.316. The molecule has 7 nitrogen and oxygen atoms in total. The molecule has 0 bridgehead atoms. The fourth-order valence-electron chi connectivity index (χ4n) is 3.45. The Morgan fingerprint density at radius 1 is 1.21 bits per heavy atom. The van der Waals surface area contributed by atoms with Crippen molar-refractivity contribution in [2.45, 2.75) is 17.2 Å². The molecule has 150 valence electrons. The highest BCUT2D eigenvalue weighted by atomic mass is 32.2. The number of nitrogens with two attached hydrogens (primary N) is 1. The van der Waals surface area contributed by atoms with Gasteiger partial charge in [0.25, 0.3) is 5.91 Å². The molecule has 1 aliphatic heterocycles. The standard InChI is InChI=1S/C19H21FN2O5S/c1-26-17-5-3-4-14(18(17)27-2)12-8-9-22(11-12)19(23)15-10-13(28(21,24)25)6-7-16(15)20/h3-7,10,12H,8-9,11H2,1-2H3,(H2,21,24,25). The van der Waals surface area contributed by atoms with Crippen LogP contribution in [0.4, 0.5) is 4.39 Å². The molecule has 0 radical (unpaired) electrons. The molecule has 1 aliphatic rings. The van der Waals surface area contributed by atoms with Crippen LogP contribution >= 0.6 is 0 Å². The van der Waals surface area contributed by atoms with Crippen molar-refractivity contribution in [3.05, 3.63) is 53.3 Å². The SMILES string of the molecule is COc1cccc(C2CCN(C(=O)c3cc(S(N)(=O)=O)ccc3F)C2)c1OC. The van der Waals surface area contributed by atoms with Crippen LogP contribution in [0.5, 0.6) is 11.5 Å². The molecule has 28 heavy (non-hydrogen) atoms. The molecule has 2 aromatic rings. The number of benzene rings is 2. The summed E-state index contributed by atoms with van der Waals surface area (Å²) >= 11 is 0. The normalized spacial score (nSPS) is 16.9. The molecule has 0 saturated carbocycles. The number of sulfonamides is 1. The second kappa shape index (κ2) is 7.76. The van der Waals surface area contributed by atoms with Crippen molar-refractivity contribution in [3.63, 3.8) is 0 Å². The van der Waals surface area contributed by atoms with Crippen LogP contribution < -0.4 is 14.6 Å². The number of ether oxygens (including phenoxy) is 2. The lowest BCUT2D eigenvalue weighted by Gasteiger charge is -2.19. The molecule has 1 amide bonds. The summed E-state index contributed by atoms with van der Waals surface area (Å²) in [6.07, 6.45) is 0.658. The summed E-state index contributed by atoms with van der Waals surface area (Å²) in [5.41, 5.74) is 0.584. The van der Waals surface area contributed by atoms with Crippen LogP contribution in [-0.2, 0) is 10.0 Å². The predicted molar refractivity (Wildman–Crippen MR) is 101 cm³/mol. The van der Waals surface area contributed by atoms with Gasteiger partial charge in [0, 0.05) is 24.6 Å². The van der Waals surface area contributed by atoms with Crippen molar-refractivity contribution in [1.29, 1.82) is 0 Å². The molecular weight excluding hydrogens is 387 g/mol. The minimum absolute atomic E-state index is 0.0153. The van der Waals surface area contributed by atoms with Gasteiger partial charge in [-0.15, -0.1) is 0 Å². The molecule has 0 aromatic heterocycles. The van der Waals surface area contributed by atoms with E-state index >= 15 is 0 Å². The zero-order valence-electron chi connectivity index (χ0n) is 15.5. The summed E-state index contributed by atoms with van der Waals surface area (Å²) in [5, 5.41) is 5.09. The molecule has 1 unspecified atom stereocenters. The van der Waals surface area contributed by atoms with Gasteiger partial charge in [-0.3, -0.25) is 4.79 Å². The monoisotopic (exact) mass is 408 g/mol. The first-order chi connectivity index (χ1) is 13.3. The average Bonchev–Trinajstić information content (AvgIpc) is 3.16. The Morgan fingerprint density at radius 3 is 2.61 bits per heavy atom. The van der Waals surface area contributed by atoms with E-state index in [-0.39, 0.29) is 16.4 Å².